The number of carbonyl (C=O) groups excluding carboxylic acids is 1. The Hall–Kier alpha value is -2.53. The van der Waals surface area contributed by atoms with Crippen molar-refractivity contribution >= 4 is 50.6 Å². The topological polar surface area (TPSA) is 108 Å². The highest BCUT2D eigenvalue weighted by molar-refractivity contribution is 9.10. The summed E-state index contributed by atoms with van der Waals surface area (Å²) in [5, 5.41) is 0.801. The summed E-state index contributed by atoms with van der Waals surface area (Å²) < 4.78 is 14.0. The van der Waals surface area contributed by atoms with Crippen LogP contribution in [0.1, 0.15) is 32.6 Å². The molecule has 2 N–H and O–H groups in total. The summed E-state index contributed by atoms with van der Waals surface area (Å²) in [6, 6.07) is 3.87. The molecule has 0 aliphatic carbocycles. The van der Waals surface area contributed by atoms with Crippen LogP contribution in [0.4, 0.5) is 5.82 Å². The number of amides is 1. The Labute approximate surface area is 204 Å². The van der Waals surface area contributed by atoms with Gasteiger partial charge in [0.15, 0.2) is 33.6 Å². The standard InChI is InChI=1S/C22H25BrN6O3S/c1-2-18(30)28-6-3-13(4-7-28)5-8-29-21-19(20(24)25-11-26-21)27-22(29)33-17-10-16-15(9-14(17)23)31-12-32-16/h9-11,13H,2-8,12H2,1H3,(H2,24,25,26). The summed E-state index contributed by atoms with van der Waals surface area (Å²) in [6.07, 6.45) is 5.08. The Morgan fingerprint density at radius 1 is 1.24 bits per heavy atom. The van der Waals surface area contributed by atoms with Crippen LogP contribution in [0, 0.1) is 5.92 Å². The first-order chi connectivity index (χ1) is 16.0. The zero-order valence-electron chi connectivity index (χ0n) is 18.3. The van der Waals surface area contributed by atoms with Crippen molar-refractivity contribution in [2.24, 2.45) is 5.92 Å². The molecule has 0 saturated carbocycles. The lowest BCUT2D eigenvalue weighted by Crippen LogP contribution is -2.38. The number of ether oxygens (including phenoxy) is 2. The van der Waals surface area contributed by atoms with Gasteiger partial charge >= 0.3 is 0 Å². The quantitative estimate of drug-likeness (QED) is 0.505. The molecule has 3 aromatic rings. The van der Waals surface area contributed by atoms with E-state index in [1.165, 1.54) is 18.1 Å². The maximum Gasteiger partial charge on any atom is 0.231 e. The van der Waals surface area contributed by atoms with Crippen LogP contribution in [0.5, 0.6) is 11.5 Å². The number of aryl methyl sites for hydroxylation is 1. The van der Waals surface area contributed by atoms with Gasteiger partial charge in [-0.3, -0.25) is 4.79 Å². The fourth-order valence-corrected chi connectivity index (χ4v) is 5.80. The second-order valence-corrected chi connectivity index (χ2v) is 10.0. The average molecular weight is 533 g/mol. The number of nitrogens with two attached hydrogens (primary N) is 1. The Morgan fingerprint density at radius 3 is 2.76 bits per heavy atom. The minimum Gasteiger partial charge on any atom is -0.454 e. The number of imidazole rings is 1. The number of halogens is 1. The normalized spacial score (nSPS) is 16.0. The first-order valence-electron chi connectivity index (χ1n) is 11.0. The van der Waals surface area contributed by atoms with Crippen LogP contribution in [-0.4, -0.2) is 50.2 Å². The molecule has 0 radical (unpaired) electrons. The maximum atomic E-state index is 12.0. The van der Waals surface area contributed by atoms with Crippen LogP contribution in [0.15, 0.2) is 33.0 Å². The second kappa shape index (κ2) is 9.38. The van der Waals surface area contributed by atoms with E-state index in [1.54, 1.807) is 0 Å². The SMILES string of the molecule is CCC(=O)N1CCC(CCn2c(Sc3cc4c(cc3Br)OCO4)nc3c(N)ncnc32)CC1. The van der Waals surface area contributed by atoms with Gasteiger partial charge in [-0.25, -0.2) is 15.0 Å². The molecule has 1 amide bonds. The Bertz CT molecular complexity index is 1190. The zero-order valence-corrected chi connectivity index (χ0v) is 20.7. The number of benzene rings is 1. The molecule has 0 unspecified atom stereocenters. The monoisotopic (exact) mass is 532 g/mol. The average Bonchev–Trinajstić information content (AvgIpc) is 3.42. The lowest BCUT2D eigenvalue weighted by Gasteiger charge is -2.32. The van der Waals surface area contributed by atoms with Crippen molar-refractivity contribution in [3.8, 4) is 11.5 Å². The molecule has 1 fully saturated rings. The molecule has 1 aromatic carbocycles. The fourth-order valence-electron chi connectivity index (χ4n) is 4.29. The van der Waals surface area contributed by atoms with E-state index in [0.29, 0.717) is 23.7 Å². The summed E-state index contributed by atoms with van der Waals surface area (Å²) in [7, 11) is 0. The molecule has 0 spiro atoms. The van der Waals surface area contributed by atoms with E-state index in [9.17, 15) is 4.79 Å². The minimum atomic E-state index is 0.225. The molecule has 2 aliphatic rings. The highest BCUT2D eigenvalue weighted by Crippen LogP contribution is 2.43. The molecule has 33 heavy (non-hydrogen) atoms. The van der Waals surface area contributed by atoms with E-state index >= 15 is 0 Å². The van der Waals surface area contributed by atoms with Crippen LogP contribution >= 0.6 is 27.7 Å². The smallest absolute Gasteiger partial charge is 0.231 e. The summed E-state index contributed by atoms with van der Waals surface area (Å²) in [6.45, 7) is 4.59. The van der Waals surface area contributed by atoms with Gasteiger partial charge in [-0.1, -0.05) is 18.7 Å². The Morgan fingerprint density at radius 2 is 2.00 bits per heavy atom. The van der Waals surface area contributed by atoms with Gasteiger partial charge in [0.25, 0.3) is 0 Å². The van der Waals surface area contributed by atoms with Gasteiger partial charge in [0.2, 0.25) is 12.7 Å². The van der Waals surface area contributed by atoms with Crippen molar-refractivity contribution in [2.75, 3.05) is 25.6 Å². The van der Waals surface area contributed by atoms with E-state index in [0.717, 1.165) is 70.6 Å². The fraction of sp³-hybridized carbons (Fsp3) is 0.455. The van der Waals surface area contributed by atoms with Crippen LogP contribution in [-0.2, 0) is 11.3 Å². The number of hydrogen-bond donors (Lipinski definition) is 1. The lowest BCUT2D eigenvalue weighted by molar-refractivity contribution is -0.132. The molecule has 4 heterocycles. The van der Waals surface area contributed by atoms with Crippen molar-refractivity contribution in [2.45, 2.75) is 49.2 Å². The number of likely N-dealkylation sites (tertiary alicyclic amines) is 1. The Kier molecular flexibility index (Phi) is 6.33. The third kappa shape index (κ3) is 4.48. The van der Waals surface area contributed by atoms with Gasteiger partial charge in [-0.05, 0) is 53.2 Å². The van der Waals surface area contributed by atoms with Crippen LogP contribution in [0.3, 0.4) is 0 Å². The molecular formula is C22H25BrN6O3S. The zero-order chi connectivity index (χ0) is 22.9. The van der Waals surface area contributed by atoms with Crippen molar-refractivity contribution < 1.29 is 14.3 Å². The molecule has 11 heteroatoms. The first kappa shape index (κ1) is 22.3. The number of nitrogens with zero attached hydrogens (tertiary/aromatic N) is 5. The maximum absolute atomic E-state index is 12.0. The van der Waals surface area contributed by atoms with E-state index in [4.69, 9.17) is 20.2 Å². The van der Waals surface area contributed by atoms with Crippen LogP contribution in [0.2, 0.25) is 0 Å². The first-order valence-corrected chi connectivity index (χ1v) is 12.7. The molecule has 5 rings (SSSR count). The van der Waals surface area contributed by atoms with Gasteiger partial charge < -0.3 is 24.7 Å². The van der Waals surface area contributed by atoms with Gasteiger partial charge in [0.1, 0.15) is 6.33 Å². The highest BCUT2D eigenvalue weighted by atomic mass is 79.9. The van der Waals surface area contributed by atoms with E-state index in [2.05, 4.69) is 30.5 Å². The van der Waals surface area contributed by atoms with Gasteiger partial charge in [-0.2, -0.15) is 0 Å². The summed E-state index contributed by atoms with van der Waals surface area (Å²) in [5.74, 6) is 2.61. The van der Waals surface area contributed by atoms with Crippen molar-refractivity contribution in [1.29, 1.82) is 0 Å². The third-order valence-electron chi connectivity index (χ3n) is 6.18. The molecular weight excluding hydrogens is 508 g/mol. The lowest BCUT2D eigenvalue weighted by atomic mass is 9.93. The number of nitrogen functional groups attached to an aromatic ring is 1. The third-order valence-corrected chi connectivity index (χ3v) is 8.15. The van der Waals surface area contributed by atoms with Crippen LogP contribution in [0.25, 0.3) is 11.2 Å². The van der Waals surface area contributed by atoms with Crippen molar-refractivity contribution in [3.05, 3.63) is 22.9 Å². The number of hydrogen-bond acceptors (Lipinski definition) is 8. The predicted molar refractivity (Wildman–Crippen MR) is 128 cm³/mol. The van der Waals surface area contributed by atoms with E-state index in [-0.39, 0.29) is 12.7 Å². The molecule has 2 aliphatic heterocycles. The molecule has 2 aromatic heterocycles. The summed E-state index contributed by atoms with van der Waals surface area (Å²) in [5.41, 5.74) is 7.46. The Balaban J connectivity index is 1.38. The predicted octanol–water partition coefficient (Wildman–Crippen LogP) is 4.09. The second-order valence-electron chi connectivity index (χ2n) is 8.18. The summed E-state index contributed by atoms with van der Waals surface area (Å²) in [4.78, 5) is 28.3. The molecule has 1 saturated heterocycles. The largest absolute Gasteiger partial charge is 0.454 e. The van der Waals surface area contributed by atoms with Gasteiger partial charge in [0, 0.05) is 35.4 Å². The van der Waals surface area contributed by atoms with Crippen molar-refractivity contribution in [1.82, 2.24) is 24.4 Å². The van der Waals surface area contributed by atoms with Crippen molar-refractivity contribution in [3.63, 3.8) is 0 Å². The van der Waals surface area contributed by atoms with Gasteiger partial charge in [-0.15, -0.1) is 0 Å². The molecule has 9 nitrogen and oxygen atoms in total. The number of fused-ring (bicyclic) bond motifs is 2. The minimum absolute atomic E-state index is 0.225. The number of rotatable bonds is 6. The van der Waals surface area contributed by atoms with Gasteiger partial charge in [0.05, 0.1) is 0 Å². The van der Waals surface area contributed by atoms with E-state index < -0.39 is 0 Å². The number of piperidine rings is 1. The van der Waals surface area contributed by atoms with Crippen LogP contribution < -0.4 is 15.2 Å². The number of carbonyl (C=O) groups is 1. The number of aromatic nitrogens is 4. The van der Waals surface area contributed by atoms with E-state index in [1.807, 2.05) is 24.0 Å². The molecule has 0 bridgehead atoms. The molecule has 174 valence electrons. The summed E-state index contributed by atoms with van der Waals surface area (Å²) >= 11 is 5.17. The molecule has 0 atom stereocenters. The number of anilines is 1. The highest BCUT2D eigenvalue weighted by Gasteiger charge is 2.24.